The molecule has 2 N–H and O–H groups in total. The summed E-state index contributed by atoms with van der Waals surface area (Å²) < 4.78 is 29.0. The second-order valence-electron chi connectivity index (χ2n) is 5.32. The van der Waals surface area contributed by atoms with Gasteiger partial charge in [-0.1, -0.05) is 12.1 Å². The van der Waals surface area contributed by atoms with Gasteiger partial charge in [-0.25, -0.2) is 9.98 Å². The van der Waals surface area contributed by atoms with Crippen molar-refractivity contribution in [2.45, 2.75) is 40.5 Å². The van der Waals surface area contributed by atoms with Crippen LogP contribution in [0.3, 0.4) is 0 Å². The van der Waals surface area contributed by atoms with Gasteiger partial charge in [0.05, 0.1) is 18.8 Å². The Kier molecular flexibility index (Phi) is 7.12. The number of aliphatic imine (C=N–C) groups is 1. The monoisotopic (exact) mass is 368 g/mol. The van der Waals surface area contributed by atoms with Gasteiger partial charge in [0.15, 0.2) is 5.96 Å². The lowest BCUT2D eigenvalue weighted by Gasteiger charge is -2.10. The predicted octanol–water partition coefficient (Wildman–Crippen LogP) is 3.62. The lowest BCUT2D eigenvalue weighted by atomic mass is 10.2. The van der Waals surface area contributed by atoms with E-state index in [9.17, 15) is 8.78 Å². The standard InChI is InChI=1S/C17H22F2N4OS/c1-4-20-17(22-10-15-23-11(2)12(3)25-15)21-9-13-6-5-7-14(8-13)24-16(18)19/h5-8,16H,4,9-10H2,1-3H3,(H2,20,21,22). The van der Waals surface area contributed by atoms with Crippen molar-refractivity contribution in [2.24, 2.45) is 4.99 Å². The van der Waals surface area contributed by atoms with Gasteiger partial charge in [0.25, 0.3) is 0 Å². The molecule has 2 rings (SSSR count). The van der Waals surface area contributed by atoms with Crippen molar-refractivity contribution < 1.29 is 13.5 Å². The number of thiazole rings is 1. The number of guanidine groups is 1. The van der Waals surface area contributed by atoms with E-state index < -0.39 is 6.61 Å². The molecule has 0 saturated carbocycles. The number of halogens is 2. The maximum Gasteiger partial charge on any atom is 0.387 e. The minimum absolute atomic E-state index is 0.134. The van der Waals surface area contributed by atoms with Crippen LogP contribution in [0.25, 0.3) is 0 Å². The average molecular weight is 368 g/mol. The van der Waals surface area contributed by atoms with Crippen LogP contribution in [0.5, 0.6) is 5.75 Å². The molecule has 0 unspecified atom stereocenters. The van der Waals surface area contributed by atoms with E-state index >= 15 is 0 Å². The zero-order valence-electron chi connectivity index (χ0n) is 14.5. The van der Waals surface area contributed by atoms with Gasteiger partial charge in [0, 0.05) is 11.4 Å². The summed E-state index contributed by atoms with van der Waals surface area (Å²) in [7, 11) is 0. The molecular formula is C17H22F2N4OS. The van der Waals surface area contributed by atoms with Gasteiger partial charge in [-0.15, -0.1) is 11.3 Å². The second kappa shape index (κ2) is 9.31. The molecule has 2 aromatic rings. The molecule has 0 atom stereocenters. The summed E-state index contributed by atoms with van der Waals surface area (Å²) in [6, 6.07) is 6.55. The van der Waals surface area contributed by atoms with E-state index in [-0.39, 0.29) is 5.75 Å². The van der Waals surface area contributed by atoms with E-state index in [1.807, 2.05) is 26.8 Å². The van der Waals surface area contributed by atoms with Gasteiger partial charge in [0.2, 0.25) is 0 Å². The molecule has 0 aliphatic heterocycles. The number of rotatable bonds is 7. The smallest absolute Gasteiger partial charge is 0.387 e. The summed E-state index contributed by atoms with van der Waals surface area (Å²) in [4.78, 5) is 10.2. The quantitative estimate of drug-likeness (QED) is 0.579. The van der Waals surface area contributed by atoms with Gasteiger partial charge < -0.3 is 15.4 Å². The summed E-state index contributed by atoms with van der Waals surface area (Å²) >= 11 is 1.65. The summed E-state index contributed by atoms with van der Waals surface area (Å²) in [5, 5.41) is 7.38. The Morgan fingerprint density at radius 2 is 2.12 bits per heavy atom. The normalized spacial score (nSPS) is 11.7. The van der Waals surface area contributed by atoms with Crippen molar-refractivity contribution in [3.8, 4) is 5.75 Å². The number of nitrogens with zero attached hydrogens (tertiary/aromatic N) is 2. The third-order valence-electron chi connectivity index (χ3n) is 3.37. The molecule has 5 nitrogen and oxygen atoms in total. The maximum absolute atomic E-state index is 12.3. The van der Waals surface area contributed by atoms with Crippen LogP contribution < -0.4 is 15.4 Å². The zero-order valence-corrected chi connectivity index (χ0v) is 15.3. The van der Waals surface area contributed by atoms with Crippen molar-refractivity contribution in [1.82, 2.24) is 15.6 Å². The Hall–Kier alpha value is -2.22. The highest BCUT2D eigenvalue weighted by atomic mass is 32.1. The molecule has 0 amide bonds. The summed E-state index contributed by atoms with van der Waals surface area (Å²) in [6.45, 7) is 4.84. The van der Waals surface area contributed by atoms with E-state index in [0.29, 0.717) is 19.0 Å². The Morgan fingerprint density at radius 1 is 1.32 bits per heavy atom. The predicted molar refractivity (Wildman–Crippen MR) is 96.3 cm³/mol. The molecule has 8 heteroatoms. The van der Waals surface area contributed by atoms with Crippen LogP contribution in [0.1, 0.15) is 28.1 Å². The first kappa shape index (κ1) is 19.1. The number of aryl methyl sites for hydroxylation is 2. The van der Waals surface area contributed by atoms with E-state index in [0.717, 1.165) is 22.8 Å². The third-order valence-corrected chi connectivity index (χ3v) is 4.44. The summed E-state index contributed by atoms with van der Waals surface area (Å²) in [5.41, 5.74) is 1.83. The van der Waals surface area contributed by atoms with Crippen LogP contribution in [0, 0.1) is 13.8 Å². The molecular weight excluding hydrogens is 346 g/mol. The van der Waals surface area contributed by atoms with E-state index in [1.165, 1.54) is 10.9 Å². The second-order valence-corrected chi connectivity index (χ2v) is 6.61. The number of hydrogen-bond acceptors (Lipinski definition) is 4. The third kappa shape index (κ3) is 6.30. The molecule has 0 spiro atoms. The summed E-state index contributed by atoms with van der Waals surface area (Å²) in [5.74, 6) is 0.780. The maximum atomic E-state index is 12.3. The lowest BCUT2D eigenvalue weighted by Crippen LogP contribution is -2.36. The topological polar surface area (TPSA) is 58.5 Å². The first-order valence-electron chi connectivity index (χ1n) is 7.96. The number of ether oxygens (including phenoxy) is 1. The molecule has 0 aliphatic rings. The van der Waals surface area contributed by atoms with Crippen LogP contribution in [-0.2, 0) is 13.1 Å². The van der Waals surface area contributed by atoms with Crippen LogP contribution in [0.2, 0.25) is 0 Å². The highest BCUT2D eigenvalue weighted by Gasteiger charge is 2.06. The molecule has 0 aliphatic carbocycles. The zero-order chi connectivity index (χ0) is 18.2. The fourth-order valence-corrected chi connectivity index (χ4v) is 2.98. The largest absolute Gasteiger partial charge is 0.435 e. The lowest BCUT2D eigenvalue weighted by molar-refractivity contribution is -0.0498. The van der Waals surface area contributed by atoms with Crippen molar-refractivity contribution in [3.63, 3.8) is 0 Å². The SMILES string of the molecule is CCNC(=NCc1cccc(OC(F)F)c1)NCc1nc(C)c(C)s1. The fraction of sp³-hybridized carbons (Fsp3) is 0.412. The molecule has 0 bridgehead atoms. The van der Waals surface area contributed by atoms with E-state index in [1.54, 1.807) is 23.5 Å². The molecule has 0 radical (unpaired) electrons. The van der Waals surface area contributed by atoms with Crippen LogP contribution in [0.4, 0.5) is 8.78 Å². The molecule has 25 heavy (non-hydrogen) atoms. The van der Waals surface area contributed by atoms with Gasteiger partial charge >= 0.3 is 6.61 Å². The highest BCUT2D eigenvalue weighted by molar-refractivity contribution is 7.11. The Labute approximate surface area is 150 Å². The molecule has 1 aromatic heterocycles. The first-order valence-corrected chi connectivity index (χ1v) is 8.78. The van der Waals surface area contributed by atoms with Crippen LogP contribution in [0.15, 0.2) is 29.3 Å². The summed E-state index contributed by atoms with van der Waals surface area (Å²) in [6.07, 6.45) is 0. The van der Waals surface area contributed by atoms with E-state index in [2.05, 4.69) is 25.3 Å². The number of aromatic nitrogens is 1. The minimum atomic E-state index is -2.83. The molecule has 1 aromatic carbocycles. The average Bonchev–Trinajstić information content (AvgIpc) is 2.88. The molecule has 136 valence electrons. The first-order chi connectivity index (χ1) is 12.0. The van der Waals surface area contributed by atoms with Crippen LogP contribution in [-0.4, -0.2) is 24.1 Å². The molecule has 1 heterocycles. The minimum Gasteiger partial charge on any atom is -0.435 e. The Balaban J connectivity index is 1.98. The van der Waals surface area contributed by atoms with Crippen molar-refractivity contribution in [3.05, 3.63) is 45.4 Å². The number of benzene rings is 1. The van der Waals surface area contributed by atoms with E-state index in [4.69, 9.17) is 0 Å². The Bertz CT molecular complexity index is 699. The van der Waals surface area contributed by atoms with Crippen molar-refractivity contribution in [2.75, 3.05) is 6.54 Å². The van der Waals surface area contributed by atoms with Crippen molar-refractivity contribution in [1.29, 1.82) is 0 Å². The van der Waals surface area contributed by atoms with Gasteiger partial charge in [-0.2, -0.15) is 8.78 Å². The van der Waals surface area contributed by atoms with Crippen LogP contribution >= 0.6 is 11.3 Å². The highest BCUT2D eigenvalue weighted by Crippen LogP contribution is 2.17. The fourth-order valence-electron chi connectivity index (χ4n) is 2.11. The van der Waals surface area contributed by atoms with Gasteiger partial charge in [-0.05, 0) is 38.5 Å². The van der Waals surface area contributed by atoms with Crippen molar-refractivity contribution >= 4 is 17.3 Å². The molecule has 0 saturated heterocycles. The Morgan fingerprint density at radius 3 is 2.76 bits per heavy atom. The number of alkyl halides is 2. The van der Waals surface area contributed by atoms with Gasteiger partial charge in [-0.3, -0.25) is 0 Å². The van der Waals surface area contributed by atoms with Gasteiger partial charge in [0.1, 0.15) is 10.8 Å². The number of nitrogens with one attached hydrogen (secondary N) is 2. The number of hydrogen-bond donors (Lipinski definition) is 2. The molecule has 0 fully saturated rings.